The normalized spacial score (nSPS) is 15.5. The molecular formula is C17H21N4O3+. The van der Waals surface area contributed by atoms with Gasteiger partial charge in [0.2, 0.25) is 0 Å². The van der Waals surface area contributed by atoms with Crippen molar-refractivity contribution in [2.75, 3.05) is 26.2 Å². The molecule has 0 spiro atoms. The lowest BCUT2D eigenvalue weighted by atomic mass is 10.1. The summed E-state index contributed by atoms with van der Waals surface area (Å²) in [5.74, 6) is -0.410. The number of nitro groups is 1. The highest BCUT2D eigenvalue weighted by molar-refractivity contribution is 6.01. The number of non-ortho nitro benzene ring substituents is 1. The molecule has 1 heterocycles. The van der Waals surface area contributed by atoms with Crippen molar-refractivity contribution in [2.24, 2.45) is 0 Å². The summed E-state index contributed by atoms with van der Waals surface area (Å²) in [4.78, 5) is 23.7. The first-order valence-electron chi connectivity index (χ1n) is 8.08. The smallest absolute Gasteiger partial charge is 0.269 e. The van der Waals surface area contributed by atoms with Crippen molar-refractivity contribution in [3.63, 3.8) is 0 Å². The van der Waals surface area contributed by atoms with E-state index in [1.807, 2.05) is 6.07 Å². The van der Waals surface area contributed by atoms with Gasteiger partial charge in [-0.25, -0.2) is 0 Å². The first-order valence-corrected chi connectivity index (χ1v) is 8.08. The minimum absolute atomic E-state index is 0.00232. The maximum atomic E-state index is 12.1. The minimum atomic E-state index is -0.492. The van der Waals surface area contributed by atoms with Crippen LogP contribution in [-0.4, -0.2) is 37.0 Å². The van der Waals surface area contributed by atoms with Gasteiger partial charge in [-0.3, -0.25) is 14.9 Å². The number of amides is 1. The van der Waals surface area contributed by atoms with Gasteiger partial charge < -0.3 is 10.2 Å². The Balaban J connectivity index is 1.90. The number of piperidine rings is 1. The number of nitrogens with one attached hydrogen (secondary N) is 2. The van der Waals surface area contributed by atoms with Crippen molar-refractivity contribution in [1.82, 2.24) is 5.32 Å². The summed E-state index contributed by atoms with van der Waals surface area (Å²) in [5.41, 5.74) is 0.547. The summed E-state index contributed by atoms with van der Waals surface area (Å²) in [6.07, 6.45) is 5.18. The number of nitro benzene ring substituents is 1. The van der Waals surface area contributed by atoms with E-state index in [4.69, 9.17) is 5.26 Å². The zero-order valence-electron chi connectivity index (χ0n) is 13.5. The number of quaternary nitrogens is 1. The van der Waals surface area contributed by atoms with Crippen LogP contribution >= 0.6 is 0 Å². The number of benzene rings is 1. The maximum absolute atomic E-state index is 12.1. The van der Waals surface area contributed by atoms with Crippen molar-refractivity contribution in [3.05, 3.63) is 45.5 Å². The molecule has 0 bridgehead atoms. The second-order valence-electron chi connectivity index (χ2n) is 5.84. The molecule has 0 aromatic heterocycles. The van der Waals surface area contributed by atoms with E-state index in [-0.39, 0.29) is 11.3 Å². The lowest BCUT2D eigenvalue weighted by Crippen LogP contribution is -3.13. The molecule has 126 valence electrons. The van der Waals surface area contributed by atoms with Gasteiger partial charge >= 0.3 is 0 Å². The molecule has 0 atom stereocenters. The van der Waals surface area contributed by atoms with Crippen LogP contribution in [0.25, 0.3) is 6.08 Å². The summed E-state index contributed by atoms with van der Waals surface area (Å²) < 4.78 is 0. The van der Waals surface area contributed by atoms with Gasteiger partial charge in [-0.2, -0.15) is 5.26 Å². The van der Waals surface area contributed by atoms with Crippen LogP contribution in [0.3, 0.4) is 0 Å². The van der Waals surface area contributed by atoms with Crippen LogP contribution < -0.4 is 10.2 Å². The van der Waals surface area contributed by atoms with Gasteiger partial charge in [0.25, 0.3) is 11.6 Å². The van der Waals surface area contributed by atoms with Gasteiger partial charge in [0, 0.05) is 12.1 Å². The number of rotatable bonds is 6. The van der Waals surface area contributed by atoms with E-state index in [0.29, 0.717) is 12.1 Å². The Hall–Kier alpha value is -2.72. The molecule has 1 aliphatic rings. The number of carbonyl (C=O) groups is 1. The minimum Gasteiger partial charge on any atom is -0.346 e. The molecule has 1 saturated heterocycles. The van der Waals surface area contributed by atoms with Crippen LogP contribution in [0.5, 0.6) is 0 Å². The molecule has 1 aromatic rings. The fourth-order valence-electron chi connectivity index (χ4n) is 2.76. The van der Waals surface area contributed by atoms with Gasteiger partial charge in [0.15, 0.2) is 0 Å². The third-order valence-electron chi connectivity index (χ3n) is 4.10. The highest BCUT2D eigenvalue weighted by Crippen LogP contribution is 2.14. The van der Waals surface area contributed by atoms with Crippen LogP contribution in [0.1, 0.15) is 24.8 Å². The number of hydrogen-bond acceptors (Lipinski definition) is 4. The predicted molar refractivity (Wildman–Crippen MR) is 89.1 cm³/mol. The quantitative estimate of drug-likeness (QED) is 0.347. The molecule has 0 unspecified atom stereocenters. The lowest BCUT2D eigenvalue weighted by Gasteiger charge is -2.23. The van der Waals surface area contributed by atoms with Gasteiger partial charge in [-0.1, -0.05) is 0 Å². The van der Waals surface area contributed by atoms with Crippen molar-refractivity contribution in [2.45, 2.75) is 19.3 Å². The summed E-state index contributed by atoms with van der Waals surface area (Å²) in [6.45, 7) is 3.68. The van der Waals surface area contributed by atoms with Crippen LogP contribution in [0.15, 0.2) is 29.8 Å². The fourth-order valence-corrected chi connectivity index (χ4v) is 2.76. The van der Waals surface area contributed by atoms with E-state index in [2.05, 4.69) is 5.32 Å². The molecule has 24 heavy (non-hydrogen) atoms. The van der Waals surface area contributed by atoms with Crippen LogP contribution in [0, 0.1) is 21.4 Å². The molecule has 7 nitrogen and oxygen atoms in total. The van der Waals surface area contributed by atoms with E-state index >= 15 is 0 Å². The molecule has 7 heteroatoms. The Morgan fingerprint density at radius 3 is 2.54 bits per heavy atom. The summed E-state index contributed by atoms with van der Waals surface area (Å²) in [5, 5.41) is 22.5. The molecule has 2 N–H and O–H groups in total. The second-order valence-corrected chi connectivity index (χ2v) is 5.84. The zero-order chi connectivity index (χ0) is 17.4. The summed E-state index contributed by atoms with van der Waals surface area (Å²) >= 11 is 0. The number of nitrogens with zero attached hydrogens (tertiary/aromatic N) is 2. The third-order valence-corrected chi connectivity index (χ3v) is 4.10. The Kier molecular flexibility index (Phi) is 6.46. The summed E-state index contributed by atoms with van der Waals surface area (Å²) in [6, 6.07) is 7.60. The lowest BCUT2D eigenvalue weighted by molar-refractivity contribution is -0.903. The van der Waals surface area contributed by atoms with Crippen LogP contribution in [0.4, 0.5) is 5.69 Å². The third kappa shape index (κ3) is 5.18. The SMILES string of the molecule is N#C/C(=C\c1ccc([N+](=O)[O-])cc1)C(=O)NCC[NH+]1CCCCC1. The average Bonchev–Trinajstić information content (AvgIpc) is 2.60. The van der Waals surface area contributed by atoms with E-state index in [1.54, 1.807) is 0 Å². The average molecular weight is 329 g/mol. The van der Waals surface area contributed by atoms with Gasteiger partial charge in [-0.15, -0.1) is 0 Å². The number of hydrogen-bond donors (Lipinski definition) is 2. The Morgan fingerprint density at radius 2 is 1.96 bits per heavy atom. The highest BCUT2D eigenvalue weighted by Gasteiger charge is 2.14. The van der Waals surface area contributed by atoms with Gasteiger partial charge in [0.05, 0.1) is 31.1 Å². The Bertz CT molecular complexity index is 655. The molecule has 1 aliphatic heterocycles. The first-order chi connectivity index (χ1) is 11.6. The molecule has 1 amide bonds. The maximum Gasteiger partial charge on any atom is 0.269 e. The molecule has 1 aromatic carbocycles. The molecule has 0 saturated carbocycles. The Labute approximate surface area is 140 Å². The zero-order valence-corrected chi connectivity index (χ0v) is 13.5. The number of carbonyl (C=O) groups excluding carboxylic acids is 1. The van der Waals surface area contributed by atoms with Gasteiger partial charge in [0.1, 0.15) is 11.6 Å². The van der Waals surface area contributed by atoms with Gasteiger partial charge in [-0.05, 0) is 43.0 Å². The molecular weight excluding hydrogens is 308 g/mol. The van der Waals surface area contributed by atoms with E-state index in [1.165, 1.54) is 54.5 Å². The highest BCUT2D eigenvalue weighted by atomic mass is 16.6. The van der Waals surface area contributed by atoms with Crippen molar-refractivity contribution in [3.8, 4) is 6.07 Å². The van der Waals surface area contributed by atoms with Crippen molar-refractivity contribution >= 4 is 17.7 Å². The van der Waals surface area contributed by atoms with E-state index in [9.17, 15) is 14.9 Å². The number of nitriles is 1. The fraction of sp³-hybridized carbons (Fsp3) is 0.412. The predicted octanol–water partition coefficient (Wildman–Crippen LogP) is 0.687. The van der Waals surface area contributed by atoms with E-state index in [0.717, 1.165) is 19.6 Å². The first kappa shape index (κ1) is 17.6. The number of likely N-dealkylation sites (tertiary alicyclic amines) is 1. The van der Waals surface area contributed by atoms with Crippen molar-refractivity contribution in [1.29, 1.82) is 5.26 Å². The topological polar surface area (TPSA) is 100 Å². The molecule has 1 fully saturated rings. The monoisotopic (exact) mass is 329 g/mol. The summed E-state index contributed by atoms with van der Waals surface area (Å²) in [7, 11) is 0. The van der Waals surface area contributed by atoms with Crippen LogP contribution in [-0.2, 0) is 4.79 Å². The van der Waals surface area contributed by atoms with E-state index < -0.39 is 10.8 Å². The molecule has 2 rings (SSSR count). The largest absolute Gasteiger partial charge is 0.346 e. The molecule has 0 aliphatic carbocycles. The van der Waals surface area contributed by atoms with Crippen LogP contribution in [0.2, 0.25) is 0 Å². The second kappa shape index (κ2) is 8.79. The molecule has 0 radical (unpaired) electrons. The Morgan fingerprint density at radius 1 is 1.29 bits per heavy atom. The van der Waals surface area contributed by atoms with Crippen molar-refractivity contribution < 1.29 is 14.6 Å². The standard InChI is InChI=1S/C17H20N4O3/c18-13-15(12-14-4-6-16(7-5-14)21(23)24)17(22)19-8-11-20-9-2-1-3-10-20/h4-7,12H,1-3,8-11H2,(H,19,22)/p+1/b15-12+.